The van der Waals surface area contributed by atoms with Crippen LogP contribution in [0.25, 0.3) is 0 Å². The molecule has 0 spiro atoms. The number of nitrogens with zero attached hydrogens (tertiary/aromatic N) is 1. The molecule has 0 heterocycles. The maximum absolute atomic E-state index is 12.7. The second kappa shape index (κ2) is 50.7. The van der Waals surface area contributed by atoms with E-state index in [0.29, 0.717) is 17.4 Å². The Labute approximate surface area is 422 Å². The van der Waals surface area contributed by atoms with Gasteiger partial charge in [-0.25, -0.2) is 0 Å². The molecule has 68 heavy (non-hydrogen) atoms. The molecule has 0 saturated carbocycles. The lowest BCUT2D eigenvalue weighted by atomic mass is 10.0. The third kappa shape index (κ3) is 54.1. The van der Waals surface area contributed by atoms with Crippen LogP contribution in [0.5, 0.6) is 0 Å². The van der Waals surface area contributed by atoms with Gasteiger partial charge < -0.3 is 27.9 Å². The predicted octanol–water partition coefficient (Wildman–Crippen LogP) is 17.4. The average molecular weight is 985 g/mol. The van der Waals surface area contributed by atoms with Crippen molar-refractivity contribution in [2.45, 2.75) is 302 Å². The van der Waals surface area contributed by atoms with Crippen LogP contribution in [-0.4, -0.2) is 70.0 Å². The van der Waals surface area contributed by atoms with E-state index in [4.69, 9.17) is 18.5 Å². The fourth-order valence-corrected chi connectivity index (χ4v) is 9.44. The van der Waals surface area contributed by atoms with E-state index in [0.717, 1.165) is 32.1 Å². The summed E-state index contributed by atoms with van der Waals surface area (Å²) in [6.07, 6.45) is 59.0. The lowest BCUT2D eigenvalue weighted by Crippen LogP contribution is -2.37. The number of hydrogen-bond acceptors (Lipinski definition) is 8. The Morgan fingerprint density at radius 1 is 0.441 bits per heavy atom. The van der Waals surface area contributed by atoms with Gasteiger partial charge in [0.15, 0.2) is 6.10 Å². The molecule has 404 valence electrons. The van der Waals surface area contributed by atoms with Crippen molar-refractivity contribution in [2.24, 2.45) is 0 Å². The molecule has 0 aromatic carbocycles. The molecular formula is C58H114NO8P. The van der Waals surface area contributed by atoms with Crippen molar-refractivity contribution >= 4 is 19.8 Å². The van der Waals surface area contributed by atoms with E-state index in [2.05, 4.69) is 26.0 Å². The van der Waals surface area contributed by atoms with Crippen molar-refractivity contribution in [1.82, 2.24) is 0 Å². The van der Waals surface area contributed by atoms with Crippen molar-refractivity contribution in [1.29, 1.82) is 0 Å². The monoisotopic (exact) mass is 984 g/mol. The first-order chi connectivity index (χ1) is 33.0. The number of likely N-dealkylation sites (N-methyl/N-ethyl adjacent to an activating group) is 1. The van der Waals surface area contributed by atoms with E-state index in [-0.39, 0.29) is 32.0 Å². The van der Waals surface area contributed by atoms with Crippen molar-refractivity contribution < 1.29 is 42.1 Å². The van der Waals surface area contributed by atoms with E-state index >= 15 is 0 Å². The Kier molecular flexibility index (Phi) is 49.8. The Balaban J connectivity index is 3.77. The lowest BCUT2D eigenvalue weighted by Gasteiger charge is -2.28. The fourth-order valence-electron chi connectivity index (χ4n) is 8.71. The first kappa shape index (κ1) is 66.8. The molecule has 2 unspecified atom stereocenters. The summed E-state index contributed by atoms with van der Waals surface area (Å²) in [7, 11) is 1.18. The third-order valence-electron chi connectivity index (χ3n) is 13.3. The number of unbranched alkanes of at least 4 members (excludes halogenated alkanes) is 39. The number of phosphoric acid groups is 1. The second-order valence-electron chi connectivity index (χ2n) is 21.4. The van der Waals surface area contributed by atoms with E-state index in [1.54, 1.807) is 0 Å². The molecule has 0 aliphatic heterocycles. The zero-order chi connectivity index (χ0) is 49.9. The highest BCUT2D eigenvalue weighted by Crippen LogP contribution is 2.38. The Morgan fingerprint density at radius 2 is 0.750 bits per heavy atom. The minimum Gasteiger partial charge on any atom is -0.756 e. The molecule has 0 aromatic rings. The van der Waals surface area contributed by atoms with Crippen LogP contribution in [0.15, 0.2) is 12.2 Å². The molecule has 0 aliphatic carbocycles. The Bertz CT molecular complexity index is 1160. The Hall–Kier alpha value is -1.25. The molecule has 0 rings (SSSR count). The maximum atomic E-state index is 12.7. The van der Waals surface area contributed by atoms with Crippen LogP contribution in [0.2, 0.25) is 0 Å². The number of rotatable bonds is 55. The molecule has 0 saturated heterocycles. The lowest BCUT2D eigenvalue weighted by molar-refractivity contribution is -0.870. The fraction of sp³-hybridized carbons (Fsp3) is 0.931. The van der Waals surface area contributed by atoms with E-state index in [1.165, 1.54) is 231 Å². The van der Waals surface area contributed by atoms with Crippen molar-refractivity contribution in [3.05, 3.63) is 12.2 Å². The molecule has 10 heteroatoms. The number of hydrogen-bond donors (Lipinski definition) is 0. The zero-order valence-corrected chi connectivity index (χ0v) is 46.7. The largest absolute Gasteiger partial charge is 0.756 e. The average Bonchev–Trinajstić information content (AvgIpc) is 3.30. The van der Waals surface area contributed by atoms with Gasteiger partial charge in [-0.15, -0.1) is 0 Å². The number of quaternary nitrogens is 1. The summed E-state index contributed by atoms with van der Waals surface area (Å²) in [5.41, 5.74) is 0. The highest BCUT2D eigenvalue weighted by atomic mass is 31.2. The summed E-state index contributed by atoms with van der Waals surface area (Å²) >= 11 is 0. The first-order valence-corrected chi connectivity index (χ1v) is 30.9. The van der Waals surface area contributed by atoms with Crippen LogP contribution in [0.4, 0.5) is 0 Å². The maximum Gasteiger partial charge on any atom is 0.306 e. The van der Waals surface area contributed by atoms with Crippen LogP contribution in [-0.2, 0) is 32.7 Å². The smallest absolute Gasteiger partial charge is 0.306 e. The number of ether oxygens (including phenoxy) is 2. The van der Waals surface area contributed by atoms with Gasteiger partial charge in [-0.1, -0.05) is 257 Å². The van der Waals surface area contributed by atoms with Crippen LogP contribution in [0.1, 0.15) is 296 Å². The summed E-state index contributed by atoms with van der Waals surface area (Å²) < 4.78 is 33.9. The van der Waals surface area contributed by atoms with Crippen LogP contribution < -0.4 is 4.89 Å². The molecule has 2 atom stereocenters. The van der Waals surface area contributed by atoms with Crippen molar-refractivity contribution in [3.63, 3.8) is 0 Å². The highest BCUT2D eigenvalue weighted by Gasteiger charge is 2.22. The number of carbonyl (C=O) groups excluding carboxylic acids is 2. The summed E-state index contributed by atoms with van der Waals surface area (Å²) in [5.74, 6) is -0.825. The van der Waals surface area contributed by atoms with Gasteiger partial charge in [-0.3, -0.25) is 14.2 Å². The first-order valence-electron chi connectivity index (χ1n) is 29.4. The molecule has 0 amide bonds. The molecule has 0 N–H and O–H groups in total. The topological polar surface area (TPSA) is 111 Å². The van der Waals surface area contributed by atoms with E-state index < -0.39 is 26.5 Å². The zero-order valence-electron chi connectivity index (χ0n) is 45.8. The predicted molar refractivity (Wildman–Crippen MR) is 287 cm³/mol. The number of allylic oxidation sites excluding steroid dienone is 2. The van der Waals surface area contributed by atoms with Crippen molar-refractivity contribution in [3.8, 4) is 0 Å². The Morgan fingerprint density at radius 3 is 1.09 bits per heavy atom. The molecule has 0 fully saturated rings. The molecular weight excluding hydrogens is 870 g/mol. The van der Waals surface area contributed by atoms with Crippen molar-refractivity contribution in [2.75, 3.05) is 47.5 Å². The van der Waals surface area contributed by atoms with Gasteiger partial charge in [0.25, 0.3) is 7.82 Å². The standard InChI is InChI=1S/C58H114NO8P/c1-6-8-10-12-14-15-16-17-18-19-20-21-22-23-24-25-26-27-28-29-30-31-32-33-34-35-36-37-38-39-40-41-42-43-45-47-49-51-58(61)67-56(55-66-68(62,63)65-53-52-59(3,4)5)54-64-57(60)50-48-46-44-13-11-9-7-2/h19-20,56H,6-18,21-55H2,1-5H3/b20-19-. The highest BCUT2D eigenvalue weighted by molar-refractivity contribution is 7.45. The van der Waals surface area contributed by atoms with Gasteiger partial charge >= 0.3 is 11.9 Å². The molecule has 0 radical (unpaired) electrons. The summed E-state index contributed by atoms with van der Waals surface area (Å²) in [4.78, 5) is 37.5. The summed E-state index contributed by atoms with van der Waals surface area (Å²) in [5, 5.41) is 0. The van der Waals surface area contributed by atoms with Gasteiger partial charge in [0.1, 0.15) is 19.8 Å². The number of carbonyl (C=O) groups is 2. The van der Waals surface area contributed by atoms with Gasteiger partial charge in [0.05, 0.1) is 27.7 Å². The minimum atomic E-state index is -4.62. The second-order valence-corrected chi connectivity index (χ2v) is 22.8. The van der Waals surface area contributed by atoms with E-state index in [1.807, 2.05) is 21.1 Å². The summed E-state index contributed by atoms with van der Waals surface area (Å²) in [6, 6.07) is 0. The molecule has 9 nitrogen and oxygen atoms in total. The minimum absolute atomic E-state index is 0.0266. The molecule has 0 bridgehead atoms. The van der Waals surface area contributed by atoms with Crippen LogP contribution in [0, 0.1) is 0 Å². The van der Waals surface area contributed by atoms with Gasteiger partial charge in [-0.2, -0.15) is 0 Å². The normalized spacial score (nSPS) is 13.3. The van der Waals surface area contributed by atoms with Gasteiger partial charge in [0, 0.05) is 12.8 Å². The van der Waals surface area contributed by atoms with Gasteiger partial charge in [-0.05, 0) is 38.5 Å². The van der Waals surface area contributed by atoms with Gasteiger partial charge in [0.2, 0.25) is 0 Å². The SMILES string of the molecule is CCCCCCCCCC/C=C\CCCCCCCCCCCCCCCCCCCCCCCCCCCC(=O)OC(COC(=O)CCCCCCCCC)COP(=O)([O-])OCC[N+](C)(C)C. The quantitative estimate of drug-likeness (QED) is 0.0195. The molecule has 0 aliphatic rings. The summed E-state index contributed by atoms with van der Waals surface area (Å²) in [6.45, 7) is 4.22. The van der Waals surface area contributed by atoms with E-state index in [9.17, 15) is 19.0 Å². The van der Waals surface area contributed by atoms with Crippen LogP contribution >= 0.6 is 7.82 Å². The third-order valence-corrected chi connectivity index (χ3v) is 14.2. The molecule has 0 aromatic heterocycles. The number of esters is 2. The van der Waals surface area contributed by atoms with Crippen LogP contribution in [0.3, 0.4) is 0 Å². The number of phosphoric ester groups is 1.